The van der Waals surface area contributed by atoms with Crippen LogP contribution in [0.5, 0.6) is 11.5 Å². The first kappa shape index (κ1) is 12.9. The number of carbonyl (C=O) groups excluding carboxylic acids is 1. The molecule has 0 aliphatic carbocycles. The highest BCUT2D eigenvalue weighted by atomic mass is 19.1. The van der Waals surface area contributed by atoms with Crippen molar-refractivity contribution in [2.75, 3.05) is 12.4 Å². The predicted octanol–water partition coefficient (Wildman–Crippen LogP) is 2.79. The van der Waals surface area contributed by atoms with Crippen molar-refractivity contribution >= 4 is 11.6 Å². The van der Waals surface area contributed by atoms with Crippen molar-refractivity contribution in [3.63, 3.8) is 0 Å². The summed E-state index contributed by atoms with van der Waals surface area (Å²) in [5.74, 6) is -1.85. The van der Waals surface area contributed by atoms with Crippen LogP contribution in [-0.2, 0) is 0 Å². The number of phenols is 1. The minimum atomic E-state index is -0.859. The SMILES string of the molecule is COc1cc(NC(=O)c2ccccc2)cc(F)c1O. The molecule has 0 aliphatic heterocycles. The van der Waals surface area contributed by atoms with Crippen molar-refractivity contribution in [2.24, 2.45) is 0 Å². The maximum Gasteiger partial charge on any atom is 0.255 e. The maximum atomic E-state index is 13.4. The standard InChI is InChI=1S/C14H12FNO3/c1-19-12-8-10(7-11(15)13(12)17)16-14(18)9-5-3-2-4-6-9/h2-8,17H,1H3,(H,16,18). The van der Waals surface area contributed by atoms with Gasteiger partial charge in [0.05, 0.1) is 7.11 Å². The lowest BCUT2D eigenvalue weighted by atomic mass is 10.2. The molecule has 0 radical (unpaired) electrons. The van der Waals surface area contributed by atoms with E-state index in [-0.39, 0.29) is 17.3 Å². The van der Waals surface area contributed by atoms with Crippen molar-refractivity contribution in [3.05, 3.63) is 53.8 Å². The minimum Gasteiger partial charge on any atom is -0.502 e. The number of halogens is 1. The van der Waals surface area contributed by atoms with Crippen LogP contribution in [0, 0.1) is 5.82 Å². The minimum absolute atomic E-state index is 0.0386. The van der Waals surface area contributed by atoms with Gasteiger partial charge in [-0.1, -0.05) is 18.2 Å². The topological polar surface area (TPSA) is 58.6 Å². The van der Waals surface area contributed by atoms with Gasteiger partial charge in [-0.05, 0) is 12.1 Å². The van der Waals surface area contributed by atoms with Gasteiger partial charge in [0.2, 0.25) is 0 Å². The lowest BCUT2D eigenvalue weighted by Crippen LogP contribution is -2.11. The lowest BCUT2D eigenvalue weighted by Gasteiger charge is -2.09. The van der Waals surface area contributed by atoms with Crippen LogP contribution in [0.3, 0.4) is 0 Å². The second kappa shape index (κ2) is 5.39. The van der Waals surface area contributed by atoms with Gasteiger partial charge >= 0.3 is 0 Å². The van der Waals surface area contributed by atoms with Crippen molar-refractivity contribution in [1.29, 1.82) is 0 Å². The summed E-state index contributed by atoms with van der Waals surface area (Å²) in [5, 5.41) is 11.9. The number of hydrogen-bond donors (Lipinski definition) is 2. The number of anilines is 1. The summed E-state index contributed by atoms with van der Waals surface area (Å²) in [6.07, 6.45) is 0. The number of benzene rings is 2. The van der Waals surface area contributed by atoms with Gasteiger partial charge in [0.1, 0.15) is 0 Å². The zero-order valence-corrected chi connectivity index (χ0v) is 10.2. The van der Waals surface area contributed by atoms with Crippen LogP contribution < -0.4 is 10.1 Å². The van der Waals surface area contributed by atoms with Crippen LogP contribution in [0.2, 0.25) is 0 Å². The third-order valence-corrected chi connectivity index (χ3v) is 2.54. The number of ether oxygens (including phenoxy) is 1. The Hall–Kier alpha value is -2.56. The summed E-state index contributed by atoms with van der Waals surface area (Å²) in [6, 6.07) is 10.9. The third kappa shape index (κ3) is 2.82. The Labute approximate surface area is 109 Å². The molecule has 2 aromatic rings. The molecule has 0 saturated carbocycles. The molecule has 1 amide bonds. The first-order valence-corrected chi connectivity index (χ1v) is 5.54. The van der Waals surface area contributed by atoms with Crippen molar-refractivity contribution in [3.8, 4) is 11.5 Å². The summed E-state index contributed by atoms with van der Waals surface area (Å²) in [4.78, 5) is 11.9. The van der Waals surface area contributed by atoms with E-state index < -0.39 is 11.6 Å². The molecule has 0 spiro atoms. The average molecular weight is 261 g/mol. The second-order valence-corrected chi connectivity index (χ2v) is 3.83. The lowest BCUT2D eigenvalue weighted by molar-refractivity contribution is 0.102. The fourth-order valence-corrected chi connectivity index (χ4v) is 1.59. The third-order valence-electron chi connectivity index (χ3n) is 2.54. The van der Waals surface area contributed by atoms with E-state index in [1.807, 2.05) is 0 Å². The summed E-state index contributed by atoms with van der Waals surface area (Å²) >= 11 is 0. The second-order valence-electron chi connectivity index (χ2n) is 3.83. The number of hydrogen-bond acceptors (Lipinski definition) is 3. The van der Waals surface area contributed by atoms with Crippen LogP contribution in [0.4, 0.5) is 10.1 Å². The molecule has 2 N–H and O–H groups in total. The molecular weight excluding hydrogens is 249 g/mol. The fourth-order valence-electron chi connectivity index (χ4n) is 1.59. The van der Waals surface area contributed by atoms with Crippen LogP contribution >= 0.6 is 0 Å². The Morgan fingerprint density at radius 3 is 2.58 bits per heavy atom. The molecule has 0 atom stereocenters. The molecule has 0 bridgehead atoms. The van der Waals surface area contributed by atoms with E-state index in [0.717, 1.165) is 6.07 Å². The Balaban J connectivity index is 2.25. The predicted molar refractivity (Wildman–Crippen MR) is 69.0 cm³/mol. The Bertz CT molecular complexity index is 599. The Morgan fingerprint density at radius 1 is 1.26 bits per heavy atom. The number of methoxy groups -OCH3 is 1. The number of rotatable bonds is 3. The molecule has 2 rings (SSSR count). The van der Waals surface area contributed by atoms with Crippen LogP contribution in [0.25, 0.3) is 0 Å². The van der Waals surface area contributed by atoms with E-state index in [1.54, 1.807) is 30.3 Å². The molecule has 19 heavy (non-hydrogen) atoms. The smallest absolute Gasteiger partial charge is 0.255 e. The highest BCUT2D eigenvalue weighted by Gasteiger charge is 2.12. The highest BCUT2D eigenvalue weighted by Crippen LogP contribution is 2.32. The first-order chi connectivity index (χ1) is 9.11. The van der Waals surface area contributed by atoms with E-state index in [0.29, 0.717) is 5.56 Å². The summed E-state index contributed by atoms with van der Waals surface area (Å²) in [5.41, 5.74) is 0.663. The largest absolute Gasteiger partial charge is 0.502 e. The Morgan fingerprint density at radius 2 is 1.95 bits per heavy atom. The molecule has 0 aliphatic rings. The van der Waals surface area contributed by atoms with Gasteiger partial charge in [0.15, 0.2) is 17.3 Å². The van der Waals surface area contributed by atoms with E-state index in [1.165, 1.54) is 13.2 Å². The van der Waals surface area contributed by atoms with Gasteiger partial charge in [-0.25, -0.2) is 4.39 Å². The number of carbonyl (C=O) groups is 1. The quantitative estimate of drug-likeness (QED) is 0.835. The summed E-state index contributed by atoms with van der Waals surface area (Å²) in [6.45, 7) is 0. The molecular formula is C14H12FNO3. The number of amides is 1. The molecule has 4 nitrogen and oxygen atoms in total. The number of aromatic hydroxyl groups is 1. The molecule has 0 aromatic heterocycles. The van der Waals surface area contributed by atoms with Crippen molar-refractivity contribution in [2.45, 2.75) is 0 Å². The maximum absolute atomic E-state index is 13.4. The van der Waals surface area contributed by atoms with Crippen molar-refractivity contribution < 1.29 is 19.0 Å². The van der Waals surface area contributed by atoms with Crippen LogP contribution in [0.1, 0.15) is 10.4 Å². The van der Waals surface area contributed by atoms with Gasteiger partial charge < -0.3 is 15.2 Å². The van der Waals surface area contributed by atoms with Crippen LogP contribution in [-0.4, -0.2) is 18.1 Å². The summed E-state index contributed by atoms with van der Waals surface area (Å²) < 4.78 is 18.2. The highest BCUT2D eigenvalue weighted by molar-refractivity contribution is 6.04. The monoisotopic (exact) mass is 261 g/mol. The zero-order valence-electron chi connectivity index (χ0n) is 10.2. The van der Waals surface area contributed by atoms with E-state index in [4.69, 9.17) is 4.74 Å². The van der Waals surface area contributed by atoms with Gasteiger partial charge in [0, 0.05) is 23.4 Å². The molecule has 2 aromatic carbocycles. The molecule has 98 valence electrons. The van der Waals surface area contributed by atoms with Gasteiger partial charge in [-0.2, -0.15) is 0 Å². The van der Waals surface area contributed by atoms with Crippen LogP contribution in [0.15, 0.2) is 42.5 Å². The van der Waals surface area contributed by atoms with E-state index in [9.17, 15) is 14.3 Å². The number of nitrogens with one attached hydrogen (secondary N) is 1. The number of phenolic OH excluding ortho intramolecular Hbond substituents is 1. The van der Waals surface area contributed by atoms with E-state index >= 15 is 0 Å². The fraction of sp³-hybridized carbons (Fsp3) is 0.0714. The normalized spacial score (nSPS) is 10.0. The molecule has 0 unspecified atom stereocenters. The summed E-state index contributed by atoms with van der Waals surface area (Å²) in [7, 11) is 1.30. The van der Waals surface area contributed by atoms with Gasteiger partial charge in [-0.15, -0.1) is 0 Å². The molecule has 0 saturated heterocycles. The van der Waals surface area contributed by atoms with E-state index in [2.05, 4.69) is 5.32 Å². The molecule has 0 fully saturated rings. The average Bonchev–Trinajstić information content (AvgIpc) is 2.43. The van der Waals surface area contributed by atoms with Gasteiger partial charge in [0.25, 0.3) is 5.91 Å². The molecule has 5 heteroatoms. The Kier molecular flexibility index (Phi) is 3.66. The molecule has 0 heterocycles. The first-order valence-electron chi connectivity index (χ1n) is 5.54. The zero-order chi connectivity index (χ0) is 13.8. The van der Waals surface area contributed by atoms with Gasteiger partial charge in [-0.3, -0.25) is 4.79 Å². The van der Waals surface area contributed by atoms with Crippen molar-refractivity contribution in [1.82, 2.24) is 0 Å².